The third-order valence-electron chi connectivity index (χ3n) is 2.86. The Hall–Kier alpha value is -2.41. The van der Waals surface area contributed by atoms with Crippen molar-refractivity contribution in [3.63, 3.8) is 0 Å². The summed E-state index contributed by atoms with van der Waals surface area (Å²) in [7, 11) is -5.19. The second-order valence-electron chi connectivity index (χ2n) is 4.30. The molecule has 1 atom stereocenters. The Morgan fingerprint density at radius 2 is 2.33 bits per heavy atom. The Balaban J connectivity index is 2.30. The number of imidazole rings is 1. The molecule has 0 saturated heterocycles. The van der Waals surface area contributed by atoms with Crippen molar-refractivity contribution in [3.05, 3.63) is 41.1 Å². The second-order valence-corrected chi connectivity index (χ2v) is 5.43. The quantitative estimate of drug-likeness (QED) is 0.757. The summed E-state index contributed by atoms with van der Waals surface area (Å²) >= 11 is 0. The molecule has 3 rings (SSSR count). The first-order chi connectivity index (χ1) is 17.5. The van der Waals surface area contributed by atoms with Crippen molar-refractivity contribution in [2.24, 2.45) is 0 Å². The van der Waals surface area contributed by atoms with Crippen molar-refractivity contribution in [1.29, 1.82) is 0 Å². The van der Waals surface area contributed by atoms with Crippen LogP contribution in [0, 0.1) is 13.7 Å². The Morgan fingerprint density at radius 1 is 1.42 bits per heavy atom. The summed E-state index contributed by atoms with van der Waals surface area (Å²) in [6.07, 6.45) is -1.05. The standard InChI is InChI=1S/C17H19N3O3S/c1-10-8-18-15(11(2)16(10)23-4)9-24(21)17-19-13-6-5-12(22-3)7-14(13)20-17/h5-8H,9H2,1-4H3,(H,19,20)/i1D3,2D3,3D3,5D,6D,7D,8D,9D2. The summed E-state index contributed by atoms with van der Waals surface area (Å²) in [5.74, 6) is -1.67. The van der Waals surface area contributed by atoms with Gasteiger partial charge in [0.15, 0.2) is 5.16 Å². The van der Waals surface area contributed by atoms with Gasteiger partial charge >= 0.3 is 0 Å². The van der Waals surface area contributed by atoms with Gasteiger partial charge in [0.2, 0.25) is 0 Å². The van der Waals surface area contributed by atoms with Crippen LogP contribution in [0.3, 0.4) is 0 Å². The van der Waals surface area contributed by atoms with Crippen molar-refractivity contribution in [3.8, 4) is 11.5 Å². The van der Waals surface area contributed by atoms with Crippen LogP contribution in [0.5, 0.6) is 11.5 Å². The van der Waals surface area contributed by atoms with Gasteiger partial charge in [0, 0.05) is 34.3 Å². The molecular weight excluding hydrogens is 326 g/mol. The zero-order valence-corrected chi connectivity index (χ0v) is 12.8. The second kappa shape index (κ2) is 6.60. The van der Waals surface area contributed by atoms with E-state index in [2.05, 4.69) is 19.7 Å². The number of nitrogens with one attached hydrogen (secondary N) is 1. The molecule has 0 fully saturated rings. The topological polar surface area (TPSA) is 77.1 Å². The number of H-pyrrole nitrogens is 1. The summed E-state index contributed by atoms with van der Waals surface area (Å²) < 4.78 is 141. The first-order valence-electron chi connectivity index (χ1n) is 13.7. The fraction of sp³-hybridized carbons (Fsp3) is 0.294. The van der Waals surface area contributed by atoms with Crippen molar-refractivity contribution in [2.75, 3.05) is 14.1 Å². The summed E-state index contributed by atoms with van der Waals surface area (Å²) in [4.78, 5) is 9.71. The van der Waals surface area contributed by atoms with E-state index in [4.69, 9.17) is 25.3 Å². The zero-order chi connectivity index (χ0) is 30.0. The molecule has 0 radical (unpaired) electrons. The van der Waals surface area contributed by atoms with E-state index in [-0.39, 0.29) is 0 Å². The third-order valence-corrected chi connectivity index (χ3v) is 3.78. The van der Waals surface area contributed by atoms with E-state index in [1.54, 1.807) is 0 Å². The molecule has 0 aliphatic carbocycles. The zero-order valence-electron chi connectivity index (χ0n) is 27.0. The van der Waals surface area contributed by atoms with Crippen molar-refractivity contribution >= 4 is 21.8 Å². The van der Waals surface area contributed by atoms with E-state index in [1.165, 1.54) is 0 Å². The van der Waals surface area contributed by atoms with Crippen LogP contribution in [0.25, 0.3) is 11.0 Å². The van der Waals surface area contributed by atoms with E-state index in [0.29, 0.717) is 0 Å². The molecule has 24 heavy (non-hydrogen) atoms. The number of hydrogen-bond acceptors (Lipinski definition) is 5. The van der Waals surface area contributed by atoms with Crippen LogP contribution in [0.15, 0.2) is 29.5 Å². The monoisotopic (exact) mass is 360 g/mol. The van der Waals surface area contributed by atoms with Gasteiger partial charge in [0.25, 0.3) is 0 Å². The number of methoxy groups -OCH3 is 2. The van der Waals surface area contributed by atoms with Gasteiger partial charge in [-0.15, -0.1) is 0 Å². The number of aromatic nitrogens is 3. The molecular formula is C17H19N3O3S. The molecule has 0 saturated carbocycles. The van der Waals surface area contributed by atoms with Gasteiger partial charge in [-0.05, 0) is 25.8 Å². The fourth-order valence-electron chi connectivity index (χ4n) is 1.80. The van der Waals surface area contributed by atoms with E-state index in [1.807, 2.05) is 0 Å². The molecule has 1 unspecified atom stereocenters. The Morgan fingerprint density at radius 3 is 3.08 bits per heavy atom. The predicted octanol–water partition coefficient (Wildman–Crippen LogP) is 2.90. The number of aromatic amines is 1. The lowest BCUT2D eigenvalue weighted by Crippen LogP contribution is -2.05. The number of nitrogens with zero attached hydrogens (tertiary/aromatic N) is 2. The number of benzene rings is 1. The van der Waals surface area contributed by atoms with Crippen molar-refractivity contribution in [1.82, 2.24) is 15.0 Å². The molecule has 0 amide bonds. The normalized spacial score (nSPS) is 23.6. The van der Waals surface area contributed by atoms with E-state index >= 15 is 0 Å². The van der Waals surface area contributed by atoms with Crippen molar-refractivity contribution in [2.45, 2.75) is 24.6 Å². The summed E-state index contributed by atoms with van der Waals surface area (Å²) in [6.45, 7) is -6.33. The maximum Gasteiger partial charge on any atom is 0.197 e. The lowest BCUT2D eigenvalue weighted by atomic mass is 10.1. The highest BCUT2D eigenvalue weighted by Gasteiger charge is 2.16. The third kappa shape index (κ3) is 2.99. The van der Waals surface area contributed by atoms with Gasteiger partial charge in [-0.3, -0.25) is 9.19 Å². The van der Waals surface area contributed by atoms with Gasteiger partial charge in [0.05, 0.1) is 57.0 Å². The van der Waals surface area contributed by atoms with Crippen molar-refractivity contribution < 1.29 is 34.2 Å². The molecule has 1 aromatic carbocycles. The summed E-state index contributed by atoms with van der Waals surface area (Å²) in [5, 5.41) is -0.758. The molecule has 0 aliphatic rings. The average molecular weight is 361 g/mol. The van der Waals surface area contributed by atoms with Crippen LogP contribution in [0.2, 0.25) is 0 Å². The molecule has 0 bridgehead atoms. The predicted molar refractivity (Wildman–Crippen MR) is 93.0 cm³/mol. The largest absolute Gasteiger partial charge is 0.497 e. The Kier molecular flexibility index (Phi) is 1.69. The number of hydrogen-bond donors (Lipinski definition) is 1. The van der Waals surface area contributed by atoms with Gasteiger partial charge < -0.3 is 14.5 Å². The fourth-order valence-corrected chi connectivity index (χ4v) is 2.59. The summed E-state index contributed by atoms with van der Waals surface area (Å²) in [6, 6.07) is -2.32. The highest BCUT2D eigenvalue weighted by Crippen LogP contribution is 2.26. The minimum absolute atomic E-state index is 0.421. The maximum atomic E-state index is 13.4. The first kappa shape index (κ1) is 6.15. The molecule has 2 aromatic heterocycles. The van der Waals surface area contributed by atoms with Crippen LogP contribution >= 0.6 is 0 Å². The molecule has 7 heteroatoms. The van der Waals surface area contributed by atoms with Gasteiger partial charge in [-0.1, -0.05) is 0 Å². The minimum Gasteiger partial charge on any atom is -0.497 e. The lowest BCUT2D eigenvalue weighted by Gasteiger charge is -2.11. The van der Waals surface area contributed by atoms with Gasteiger partial charge in [-0.25, -0.2) is 4.98 Å². The minimum atomic E-state index is -3.28. The molecule has 0 aliphatic heterocycles. The highest BCUT2D eigenvalue weighted by molar-refractivity contribution is 7.84. The van der Waals surface area contributed by atoms with E-state index < -0.39 is 106 Å². The maximum absolute atomic E-state index is 13.4. The summed E-state index contributed by atoms with van der Waals surface area (Å²) in [5.41, 5.74) is -7.18. The Labute approximate surface area is 163 Å². The number of fused-ring (bicyclic) bond motifs is 1. The molecule has 6 nitrogen and oxygen atoms in total. The SMILES string of the molecule is [2H]c1nc(C([2H])([2H])S(=O)c2nc3c([2H])c([2H])c(OC([2H])([2H])[2H])c([2H])c3[nH]2)c(C([2H])([2H])[2H])c(OC)c1C([2H])([2H])[2H]. The van der Waals surface area contributed by atoms with Crippen LogP contribution in [-0.4, -0.2) is 33.3 Å². The lowest BCUT2D eigenvalue weighted by molar-refractivity contribution is 0.407. The van der Waals surface area contributed by atoms with Gasteiger partial charge in [0.1, 0.15) is 11.5 Å². The number of rotatable bonds is 5. The van der Waals surface area contributed by atoms with E-state index in [9.17, 15) is 4.21 Å². The number of pyridine rings is 1. The molecule has 1 N–H and O–H groups in total. The van der Waals surface area contributed by atoms with Crippen LogP contribution in [0.4, 0.5) is 0 Å². The van der Waals surface area contributed by atoms with Crippen LogP contribution in [-0.2, 0) is 16.5 Å². The first-order valence-corrected chi connectivity index (χ1v) is 7.39. The van der Waals surface area contributed by atoms with Gasteiger partial charge in [-0.2, -0.15) is 0 Å². The Bertz CT molecular complexity index is 1480. The molecule has 0 spiro atoms. The number of ether oxygens (including phenoxy) is 2. The van der Waals surface area contributed by atoms with Crippen LogP contribution < -0.4 is 9.47 Å². The molecule has 126 valence electrons. The van der Waals surface area contributed by atoms with E-state index in [0.717, 1.165) is 7.11 Å². The smallest absolute Gasteiger partial charge is 0.197 e. The highest BCUT2D eigenvalue weighted by atomic mass is 32.2. The van der Waals surface area contributed by atoms with Crippen LogP contribution in [0.1, 0.15) is 37.4 Å². The average Bonchev–Trinajstić information content (AvgIpc) is 3.22. The molecule has 3 aromatic rings. The molecule has 2 heterocycles.